The van der Waals surface area contributed by atoms with E-state index in [0.29, 0.717) is 18.9 Å². The average Bonchev–Trinajstić information content (AvgIpc) is 3.17. The number of carbonyl (C=O) groups excluding carboxylic acids is 1. The Balaban J connectivity index is 1.57. The number of hydrogen-bond acceptors (Lipinski definition) is 5. The standard InChI is InChI=1S/C16H22N6O2/c1-11(2)14-18-6-8-22(14)10-13(23)20-12-3-7-21(9-12)15-16(24)19-5-4-17-15/h4-6,8,11-12H,3,7,9-10H2,1-2H3,(H,19,24)(H,20,23)/t12-/m0/s1. The minimum absolute atomic E-state index is 0.0185. The molecule has 8 nitrogen and oxygen atoms in total. The van der Waals surface area contributed by atoms with Crippen molar-refractivity contribution in [3.63, 3.8) is 0 Å². The van der Waals surface area contributed by atoms with Crippen molar-refractivity contribution in [2.24, 2.45) is 0 Å². The minimum atomic E-state index is -0.204. The first-order valence-electron chi connectivity index (χ1n) is 8.13. The molecule has 1 atom stereocenters. The van der Waals surface area contributed by atoms with E-state index in [4.69, 9.17) is 0 Å². The van der Waals surface area contributed by atoms with Crippen LogP contribution in [-0.2, 0) is 11.3 Å². The summed E-state index contributed by atoms with van der Waals surface area (Å²) in [5, 5.41) is 3.03. The van der Waals surface area contributed by atoms with Crippen LogP contribution in [0.4, 0.5) is 5.82 Å². The van der Waals surface area contributed by atoms with Crippen molar-refractivity contribution in [2.45, 2.75) is 38.8 Å². The van der Waals surface area contributed by atoms with Crippen molar-refractivity contribution >= 4 is 11.7 Å². The maximum atomic E-state index is 12.3. The molecule has 0 radical (unpaired) electrons. The first-order chi connectivity index (χ1) is 11.5. The summed E-state index contributed by atoms with van der Waals surface area (Å²) in [6.45, 7) is 5.65. The summed E-state index contributed by atoms with van der Waals surface area (Å²) in [7, 11) is 0. The summed E-state index contributed by atoms with van der Waals surface area (Å²) in [6.07, 6.45) is 7.41. The molecule has 0 spiro atoms. The van der Waals surface area contributed by atoms with E-state index in [1.54, 1.807) is 12.4 Å². The number of amides is 1. The lowest BCUT2D eigenvalue weighted by Crippen LogP contribution is -2.39. The molecular formula is C16H22N6O2. The SMILES string of the molecule is CC(C)c1nccn1CC(=O)N[C@H]1CCN(c2ncc[nH]c2=O)C1. The normalized spacial score (nSPS) is 17.5. The first-order valence-corrected chi connectivity index (χ1v) is 8.13. The highest BCUT2D eigenvalue weighted by molar-refractivity contribution is 5.76. The third-order valence-electron chi connectivity index (χ3n) is 4.12. The molecule has 3 rings (SSSR count). The Labute approximate surface area is 139 Å². The zero-order valence-corrected chi connectivity index (χ0v) is 13.9. The highest BCUT2D eigenvalue weighted by atomic mass is 16.2. The van der Waals surface area contributed by atoms with Crippen molar-refractivity contribution in [2.75, 3.05) is 18.0 Å². The molecule has 1 amide bonds. The highest BCUT2D eigenvalue weighted by Gasteiger charge is 2.26. The van der Waals surface area contributed by atoms with Crippen molar-refractivity contribution in [3.8, 4) is 0 Å². The van der Waals surface area contributed by atoms with Gasteiger partial charge < -0.3 is 19.8 Å². The lowest BCUT2D eigenvalue weighted by Gasteiger charge is -2.17. The van der Waals surface area contributed by atoms with Crippen LogP contribution < -0.4 is 15.8 Å². The fourth-order valence-electron chi connectivity index (χ4n) is 3.02. The van der Waals surface area contributed by atoms with Crippen LogP contribution in [0.2, 0.25) is 0 Å². The molecule has 8 heteroatoms. The van der Waals surface area contributed by atoms with Gasteiger partial charge in [-0.15, -0.1) is 0 Å². The number of H-pyrrole nitrogens is 1. The van der Waals surface area contributed by atoms with Crippen LogP contribution in [0.5, 0.6) is 0 Å². The first kappa shape index (κ1) is 16.2. The Morgan fingerprint density at radius 1 is 1.42 bits per heavy atom. The molecule has 2 aromatic rings. The van der Waals surface area contributed by atoms with Gasteiger partial charge >= 0.3 is 0 Å². The third kappa shape index (κ3) is 3.47. The monoisotopic (exact) mass is 330 g/mol. The lowest BCUT2D eigenvalue weighted by atomic mass is 10.2. The summed E-state index contributed by atoms with van der Waals surface area (Å²) < 4.78 is 1.87. The van der Waals surface area contributed by atoms with Gasteiger partial charge in [0.2, 0.25) is 5.91 Å². The van der Waals surface area contributed by atoms with Crippen LogP contribution in [0, 0.1) is 0 Å². The van der Waals surface area contributed by atoms with Gasteiger partial charge in [-0.05, 0) is 6.42 Å². The molecule has 1 fully saturated rings. The number of aromatic nitrogens is 4. The summed E-state index contributed by atoms with van der Waals surface area (Å²) >= 11 is 0. The van der Waals surface area contributed by atoms with Gasteiger partial charge in [-0.1, -0.05) is 13.8 Å². The number of carbonyl (C=O) groups is 1. The van der Waals surface area contributed by atoms with Gasteiger partial charge in [-0.3, -0.25) is 9.59 Å². The average molecular weight is 330 g/mol. The number of rotatable bonds is 5. The molecule has 0 aliphatic carbocycles. The molecule has 128 valence electrons. The molecule has 0 unspecified atom stereocenters. The second-order valence-electron chi connectivity index (χ2n) is 6.31. The summed E-state index contributed by atoms with van der Waals surface area (Å²) in [5.74, 6) is 1.53. The number of aromatic amines is 1. The molecule has 24 heavy (non-hydrogen) atoms. The van der Waals surface area contributed by atoms with Crippen molar-refractivity contribution in [3.05, 3.63) is 41.0 Å². The van der Waals surface area contributed by atoms with Crippen LogP contribution in [0.3, 0.4) is 0 Å². The van der Waals surface area contributed by atoms with E-state index in [0.717, 1.165) is 12.2 Å². The van der Waals surface area contributed by atoms with E-state index >= 15 is 0 Å². The number of imidazole rings is 1. The van der Waals surface area contributed by atoms with E-state index in [1.807, 2.05) is 15.7 Å². The number of nitrogens with one attached hydrogen (secondary N) is 2. The molecule has 0 saturated carbocycles. The third-order valence-corrected chi connectivity index (χ3v) is 4.12. The Morgan fingerprint density at radius 3 is 3.00 bits per heavy atom. The van der Waals surface area contributed by atoms with Gasteiger partial charge in [0.15, 0.2) is 5.82 Å². The second-order valence-corrected chi connectivity index (χ2v) is 6.31. The van der Waals surface area contributed by atoms with E-state index < -0.39 is 0 Å². The second kappa shape index (κ2) is 6.86. The number of anilines is 1. The topological polar surface area (TPSA) is 95.9 Å². The Morgan fingerprint density at radius 2 is 2.25 bits per heavy atom. The summed E-state index contributed by atoms with van der Waals surface area (Å²) in [4.78, 5) is 37.0. The maximum Gasteiger partial charge on any atom is 0.290 e. The van der Waals surface area contributed by atoms with Gasteiger partial charge in [-0.25, -0.2) is 9.97 Å². The van der Waals surface area contributed by atoms with Gasteiger partial charge in [0, 0.05) is 49.8 Å². The van der Waals surface area contributed by atoms with Gasteiger partial charge in [0.25, 0.3) is 5.56 Å². The van der Waals surface area contributed by atoms with Gasteiger partial charge in [0.1, 0.15) is 12.4 Å². The van der Waals surface area contributed by atoms with Crippen LogP contribution in [0.15, 0.2) is 29.6 Å². The Hall–Kier alpha value is -2.64. The largest absolute Gasteiger partial charge is 0.350 e. The molecular weight excluding hydrogens is 308 g/mol. The van der Waals surface area contributed by atoms with E-state index in [9.17, 15) is 9.59 Å². The molecule has 1 aliphatic rings. The van der Waals surface area contributed by atoms with Gasteiger partial charge in [0.05, 0.1) is 0 Å². The molecule has 1 saturated heterocycles. The highest BCUT2D eigenvalue weighted by Crippen LogP contribution is 2.15. The molecule has 2 N–H and O–H groups in total. The van der Waals surface area contributed by atoms with E-state index in [-0.39, 0.29) is 30.0 Å². The minimum Gasteiger partial charge on any atom is -0.350 e. The summed E-state index contributed by atoms with van der Waals surface area (Å²) in [6, 6.07) is 0.0185. The predicted molar refractivity (Wildman–Crippen MR) is 89.9 cm³/mol. The maximum absolute atomic E-state index is 12.3. The molecule has 2 aromatic heterocycles. The van der Waals surface area contributed by atoms with E-state index in [2.05, 4.69) is 34.1 Å². The quantitative estimate of drug-likeness (QED) is 0.831. The zero-order chi connectivity index (χ0) is 17.1. The van der Waals surface area contributed by atoms with Crippen LogP contribution in [0.1, 0.15) is 32.0 Å². The number of hydrogen-bond donors (Lipinski definition) is 2. The smallest absolute Gasteiger partial charge is 0.290 e. The molecule has 0 aromatic carbocycles. The van der Waals surface area contributed by atoms with Crippen LogP contribution in [-0.4, -0.2) is 44.6 Å². The molecule has 0 bridgehead atoms. The van der Waals surface area contributed by atoms with Crippen LogP contribution >= 0.6 is 0 Å². The van der Waals surface area contributed by atoms with Crippen molar-refractivity contribution < 1.29 is 4.79 Å². The molecule has 1 aliphatic heterocycles. The fraction of sp³-hybridized carbons (Fsp3) is 0.500. The van der Waals surface area contributed by atoms with Crippen molar-refractivity contribution in [1.29, 1.82) is 0 Å². The van der Waals surface area contributed by atoms with Crippen molar-refractivity contribution in [1.82, 2.24) is 24.8 Å². The Bertz CT molecular complexity index is 766. The van der Waals surface area contributed by atoms with Gasteiger partial charge in [-0.2, -0.15) is 0 Å². The summed E-state index contributed by atoms with van der Waals surface area (Å²) in [5.41, 5.74) is -0.204. The predicted octanol–water partition coefficient (Wildman–Crippen LogP) is 0.485. The lowest BCUT2D eigenvalue weighted by molar-refractivity contribution is -0.122. The fourth-order valence-corrected chi connectivity index (χ4v) is 3.02. The van der Waals surface area contributed by atoms with Crippen LogP contribution in [0.25, 0.3) is 0 Å². The zero-order valence-electron chi connectivity index (χ0n) is 13.9. The number of nitrogens with zero attached hydrogens (tertiary/aromatic N) is 4. The Kier molecular flexibility index (Phi) is 4.64. The molecule has 3 heterocycles. The van der Waals surface area contributed by atoms with E-state index in [1.165, 1.54) is 6.20 Å².